The topological polar surface area (TPSA) is 95.5 Å². The molecule has 0 radical (unpaired) electrons. The summed E-state index contributed by atoms with van der Waals surface area (Å²) in [5, 5.41) is 14.3. The summed E-state index contributed by atoms with van der Waals surface area (Å²) in [6.45, 7) is 5.62. The molecule has 0 spiro atoms. The number of amides is 2. The summed E-state index contributed by atoms with van der Waals surface area (Å²) < 4.78 is 0. The quantitative estimate of drug-likeness (QED) is 0.694. The molecule has 6 nitrogen and oxygen atoms in total. The van der Waals surface area contributed by atoms with E-state index in [0.717, 1.165) is 12.8 Å². The average Bonchev–Trinajstić information content (AvgIpc) is 2.80. The van der Waals surface area contributed by atoms with Gasteiger partial charge in [0.2, 0.25) is 11.8 Å². The maximum Gasteiger partial charge on any atom is 0.306 e. The van der Waals surface area contributed by atoms with Gasteiger partial charge in [-0.25, -0.2) is 0 Å². The highest BCUT2D eigenvalue weighted by Gasteiger charge is 2.32. The summed E-state index contributed by atoms with van der Waals surface area (Å²) in [6, 6.07) is 0. The Morgan fingerprint density at radius 3 is 2.35 bits per heavy atom. The highest BCUT2D eigenvalue weighted by atomic mass is 16.4. The van der Waals surface area contributed by atoms with E-state index in [1.165, 1.54) is 0 Å². The van der Waals surface area contributed by atoms with Gasteiger partial charge in [0.25, 0.3) is 0 Å². The molecule has 0 aliphatic heterocycles. The van der Waals surface area contributed by atoms with Gasteiger partial charge in [-0.1, -0.05) is 27.2 Å². The van der Waals surface area contributed by atoms with Crippen LogP contribution in [0.5, 0.6) is 0 Å². The second kappa shape index (κ2) is 6.72. The van der Waals surface area contributed by atoms with Gasteiger partial charge in [0.1, 0.15) is 0 Å². The molecule has 1 rings (SSSR count). The summed E-state index contributed by atoms with van der Waals surface area (Å²) in [5.41, 5.74) is -0.528. The van der Waals surface area contributed by atoms with Crippen LogP contribution in [0.25, 0.3) is 0 Å². The van der Waals surface area contributed by atoms with E-state index < -0.39 is 11.4 Å². The maximum absolute atomic E-state index is 11.6. The molecule has 2 amide bonds. The smallest absolute Gasteiger partial charge is 0.306 e. The van der Waals surface area contributed by atoms with Crippen molar-refractivity contribution in [3.05, 3.63) is 0 Å². The molecule has 1 aliphatic rings. The zero-order chi connectivity index (χ0) is 15.3. The van der Waals surface area contributed by atoms with Gasteiger partial charge in [-0.3, -0.25) is 14.4 Å². The Bertz CT molecular complexity index is 387. The van der Waals surface area contributed by atoms with E-state index in [-0.39, 0.29) is 30.2 Å². The van der Waals surface area contributed by atoms with E-state index in [1.807, 2.05) is 0 Å². The van der Waals surface area contributed by atoms with Crippen molar-refractivity contribution in [2.24, 2.45) is 17.3 Å². The fourth-order valence-corrected chi connectivity index (χ4v) is 2.34. The number of rotatable bonds is 5. The van der Waals surface area contributed by atoms with Gasteiger partial charge in [-0.15, -0.1) is 0 Å². The number of hydrogen-bond acceptors (Lipinski definition) is 3. The molecule has 2 atom stereocenters. The van der Waals surface area contributed by atoms with Gasteiger partial charge >= 0.3 is 5.97 Å². The van der Waals surface area contributed by atoms with Crippen LogP contribution in [0.15, 0.2) is 0 Å². The van der Waals surface area contributed by atoms with Crippen LogP contribution in [-0.4, -0.2) is 36.0 Å². The Labute approximate surface area is 119 Å². The van der Waals surface area contributed by atoms with Crippen molar-refractivity contribution in [3.8, 4) is 0 Å². The van der Waals surface area contributed by atoms with Crippen LogP contribution in [0.2, 0.25) is 0 Å². The van der Waals surface area contributed by atoms with E-state index in [2.05, 4.69) is 10.6 Å². The first-order chi connectivity index (χ1) is 9.21. The van der Waals surface area contributed by atoms with Crippen molar-refractivity contribution in [1.82, 2.24) is 10.6 Å². The first kappa shape index (κ1) is 16.5. The van der Waals surface area contributed by atoms with E-state index in [9.17, 15) is 14.4 Å². The molecule has 2 unspecified atom stereocenters. The molecule has 0 saturated heterocycles. The van der Waals surface area contributed by atoms with E-state index in [4.69, 9.17) is 5.11 Å². The molecule has 0 heterocycles. The average molecular weight is 284 g/mol. The summed E-state index contributed by atoms with van der Waals surface area (Å²) in [5.74, 6) is -1.62. The Hall–Kier alpha value is -1.59. The normalized spacial score (nSPS) is 22.4. The number of carboxylic acid groups (broad SMARTS) is 1. The molecule has 1 aliphatic carbocycles. The monoisotopic (exact) mass is 284 g/mol. The van der Waals surface area contributed by atoms with Crippen LogP contribution in [0, 0.1) is 17.3 Å². The van der Waals surface area contributed by atoms with Crippen LogP contribution in [-0.2, 0) is 14.4 Å². The molecule has 3 N–H and O–H groups in total. The summed E-state index contributed by atoms with van der Waals surface area (Å²) in [6.07, 6.45) is 2.39. The van der Waals surface area contributed by atoms with Gasteiger partial charge in [0.15, 0.2) is 0 Å². The van der Waals surface area contributed by atoms with Crippen molar-refractivity contribution in [1.29, 1.82) is 0 Å². The Morgan fingerprint density at radius 2 is 1.80 bits per heavy atom. The minimum atomic E-state index is -0.789. The molecular formula is C14H24N2O4. The van der Waals surface area contributed by atoms with E-state index in [0.29, 0.717) is 13.0 Å². The third-order valence-electron chi connectivity index (χ3n) is 3.63. The largest absolute Gasteiger partial charge is 0.481 e. The first-order valence-electron chi connectivity index (χ1n) is 6.99. The van der Waals surface area contributed by atoms with Crippen LogP contribution in [0.3, 0.4) is 0 Å². The van der Waals surface area contributed by atoms with Crippen molar-refractivity contribution < 1.29 is 19.5 Å². The molecule has 0 aromatic rings. The van der Waals surface area contributed by atoms with E-state index >= 15 is 0 Å². The van der Waals surface area contributed by atoms with Gasteiger partial charge in [0.05, 0.1) is 12.5 Å². The molecule has 1 saturated carbocycles. The predicted molar refractivity (Wildman–Crippen MR) is 73.9 cm³/mol. The highest BCUT2D eigenvalue weighted by molar-refractivity contribution is 5.87. The molecular weight excluding hydrogens is 260 g/mol. The van der Waals surface area contributed by atoms with Gasteiger partial charge < -0.3 is 15.7 Å². The zero-order valence-corrected chi connectivity index (χ0v) is 12.4. The third kappa shape index (κ3) is 4.83. The van der Waals surface area contributed by atoms with Crippen LogP contribution in [0.1, 0.15) is 40.0 Å². The van der Waals surface area contributed by atoms with E-state index in [1.54, 1.807) is 20.8 Å². The van der Waals surface area contributed by atoms with Crippen LogP contribution < -0.4 is 10.6 Å². The lowest BCUT2D eigenvalue weighted by atomic mass is 9.95. The Morgan fingerprint density at radius 1 is 1.15 bits per heavy atom. The molecule has 6 heteroatoms. The number of hydrogen-bond donors (Lipinski definition) is 3. The standard InChI is InChI=1S/C14H24N2O4/c1-14(2,3)13(20)16-8-11(17)15-7-9-5-4-6-10(9)12(18)19/h9-10H,4-8H2,1-3H3,(H,15,17)(H,16,20)(H,18,19). The summed E-state index contributed by atoms with van der Waals surface area (Å²) in [7, 11) is 0. The number of carboxylic acids is 1. The number of carbonyl (C=O) groups is 3. The second-order valence-electron chi connectivity index (χ2n) is 6.37. The summed E-state index contributed by atoms with van der Waals surface area (Å²) in [4.78, 5) is 34.2. The molecule has 0 aromatic heterocycles. The minimum Gasteiger partial charge on any atom is -0.481 e. The fourth-order valence-electron chi connectivity index (χ4n) is 2.34. The minimum absolute atomic E-state index is 0.00484. The molecule has 1 fully saturated rings. The number of aliphatic carboxylic acids is 1. The zero-order valence-electron chi connectivity index (χ0n) is 12.4. The molecule has 0 aromatic carbocycles. The van der Waals surface area contributed by atoms with Crippen LogP contribution in [0.4, 0.5) is 0 Å². The van der Waals surface area contributed by atoms with Crippen molar-refractivity contribution in [3.63, 3.8) is 0 Å². The van der Waals surface area contributed by atoms with Gasteiger partial charge in [0, 0.05) is 12.0 Å². The first-order valence-corrected chi connectivity index (χ1v) is 6.99. The lowest BCUT2D eigenvalue weighted by Crippen LogP contribution is -2.43. The maximum atomic E-state index is 11.6. The fraction of sp³-hybridized carbons (Fsp3) is 0.786. The summed E-state index contributed by atoms with van der Waals surface area (Å²) >= 11 is 0. The van der Waals surface area contributed by atoms with Crippen molar-refractivity contribution in [2.45, 2.75) is 40.0 Å². The second-order valence-corrected chi connectivity index (χ2v) is 6.37. The Balaban J connectivity index is 2.30. The van der Waals surface area contributed by atoms with Crippen molar-refractivity contribution >= 4 is 17.8 Å². The molecule has 114 valence electrons. The predicted octanol–water partition coefficient (Wildman–Crippen LogP) is 0.766. The van der Waals surface area contributed by atoms with Gasteiger partial charge in [-0.05, 0) is 18.8 Å². The van der Waals surface area contributed by atoms with Crippen molar-refractivity contribution in [2.75, 3.05) is 13.1 Å². The molecule has 0 bridgehead atoms. The van der Waals surface area contributed by atoms with Crippen LogP contribution >= 0.6 is 0 Å². The molecule has 20 heavy (non-hydrogen) atoms. The number of nitrogens with one attached hydrogen (secondary N) is 2. The SMILES string of the molecule is CC(C)(C)C(=O)NCC(=O)NCC1CCCC1C(=O)O. The third-order valence-corrected chi connectivity index (χ3v) is 3.63. The number of carbonyl (C=O) groups excluding carboxylic acids is 2. The lowest BCUT2D eigenvalue weighted by molar-refractivity contribution is -0.143. The highest BCUT2D eigenvalue weighted by Crippen LogP contribution is 2.31. The van der Waals surface area contributed by atoms with Gasteiger partial charge in [-0.2, -0.15) is 0 Å². The lowest BCUT2D eigenvalue weighted by Gasteiger charge is -2.19. The Kier molecular flexibility index (Phi) is 5.53.